The molecule has 0 unspecified atom stereocenters. The number of hydrogen-bond donors (Lipinski definition) is 1. The van der Waals surface area contributed by atoms with Gasteiger partial charge in [0.15, 0.2) is 0 Å². The Balaban J connectivity index is 1.71. The molecule has 3 amide bonds. The SMILES string of the molecule is CC(=O)Nc1ccc(C2=C(SCc3ccco3)C(=O)N(c3ccc(C)cc3)C2=O)cc1. The number of nitrogens with one attached hydrogen (secondary N) is 1. The van der Waals surface area contributed by atoms with E-state index in [2.05, 4.69) is 5.32 Å². The summed E-state index contributed by atoms with van der Waals surface area (Å²) in [5.74, 6) is 0.233. The highest BCUT2D eigenvalue weighted by Crippen LogP contribution is 2.39. The first kappa shape index (κ1) is 20.7. The Morgan fingerprint density at radius 2 is 1.71 bits per heavy atom. The van der Waals surface area contributed by atoms with Gasteiger partial charge in [-0.2, -0.15) is 0 Å². The van der Waals surface area contributed by atoms with Crippen LogP contribution in [0.4, 0.5) is 11.4 Å². The summed E-state index contributed by atoms with van der Waals surface area (Å²) in [6.45, 7) is 3.38. The van der Waals surface area contributed by atoms with Gasteiger partial charge in [0.25, 0.3) is 11.8 Å². The highest BCUT2D eigenvalue weighted by Gasteiger charge is 2.40. The van der Waals surface area contributed by atoms with Gasteiger partial charge in [0.1, 0.15) is 5.76 Å². The second-order valence-electron chi connectivity index (χ2n) is 7.11. The summed E-state index contributed by atoms with van der Waals surface area (Å²) in [7, 11) is 0. The molecule has 31 heavy (non-hydrogen) atoms. The highest BCUT2D eigenvalue weighted by atomic mass is 32.2. The number of nitrogens with zero attached hydrogens (tertiary/aromatic N) is 1. The molecule has 0 aliphatic carbocycles. The van der Waals surface area contributed by atoms with Crippen LogP contribution in [-0.2, 0) is 20.1 Å². The Hall–Kier alpha value is -3.58. The number of carbonyl (C=O) groups excluding carboxylic acids is 3. The van der Waals surface area contributed by atoms with Crippen molar-refractivity contribution < 1.29 is 18.8 Å². The fourth-order valence-corrected chi connectivity index (χ4v) is 4.30. The van der Waals surface area contributed by atoms with Crippen LogP contribution in [0.15, 0.2) is 76.2 Å². The molecule has 2 aromatic carbocycles. The number of benzene rings is 2. The first-order chi connectivity index (χ1) is 14.9. The number of aryl methyl sites for hydroxylation is 1. The van der Waals surface area contributed by atoms with Crippen molar-refractivity contribution in [1.29, 1.82) is 0 Å². The number of carbonyl (C=O) groups is 3. The van der Waals surface area contributed by atoms with Gasteiger partial charge in [0.2, 0.25) is 5.91 Å². The first-order valence-electron chi connectivity index (χ1n) is 9.67. The first-order valence-corrected chi connectivity index (χ1v) is 10.7. The van der Waals surface area contributed by atoms with Crippen LogP contribution >= 0.6 is 11.8 Å². The monoisotopic (exact) mass is 432 g/mol. The van der Waals surface area contributed by atoms with Crippen LogP contribution < -0.4 is 10.2 Å². The largest absolute Gasteiger partial charge is 0.468 e. The summed E-state index contributed by atoms with van der Waals surface area (Å²) < 4.78 is 5.38. The second kappa shape index (κ2) is 8.65. The van der Waals surface area contributed by atoms with Gasteiger partial charge in [-0.05, 0) is 48.9 Å². The summed E-state index contributed by atoms with van der Waals surface area (Å²) in [4.78, 5) is 39.5. The van der Waals surface area contributed by atoms with Crippen LogP contribution in [0.1, 0.15) is 23.8 Å². The van der Waals surface area contributed by atoms with E-state index < -0.39 is 0 Å². The minimum atomic E-state index is -0.372. The summed E-state index contributed by atoms with van der Waals surface area (Å²) >= 11 is 1.28. The van der Waals surface area contributed by atoms with E-state index in [1.165, 1.54) is 23.6 Å². The zero-order chi connectivity index (χ0) is 22.0. The van der Waals surface area contributed by atoms with E-state index in [9.17, 15) is 14.4 Å². The minimum absolute atomic E-state index is 0.181. The average molecular weight is 433 g/mol. The summed E-state index contributed by atoms with van der Waals surface area (Å²) in [5, 5.41) is 2.70. The molecule has 0 atom stereocenters. The van der Waals surface area contributed by atoms with E-state index in [1.807, 2.05) is 25.1 Å². The lowest BCUT2D eigenvalue weighted by Crippen LogP contribution is -2.31. The molecular weight excluding hydrogens is 412 g/mol. The van der Waals surface area contributed by atoms with Gasteiger partial charge < -0.3 is 9.73 Å². The smallest absolute Gasteiger partial charge is 0.272 e. The van der Waals surface area contributed by atoms with Crippen molar-refractivity contribution in [3.8, 4) is 0 Å². The van der Waals surface area contributed by atoms with E-state index in [4.69, 9.17) is 4.42 Å². The number of furan rings is 1. The molecule has 3 aromatic rings. The quantitative estimate of drug-likeness (QED) is 0.568. The molecule has 1 aliphatic rings. The Morgan fingerprint density at radius 1 is 1.00 bits per heavy atom. The molecule has 1 aromatic heterocycles. The summed E-state index contributed by atoms with van der Waals surface area (Å²) in [6.07, 6.45) is 1.58. The number of rotatable bonds is 6. The fourth-order valence-electron chi connectivity index (χ4n) is 3.29. The average Bonchev–Trinajstić information content (AvgIpc) is 3.34. The molecule has 4 rings (SSSR count). The lowest BCUT2D eigenvalue weighted by molar-refractivity contribution is -0.120. The van der Waals surface area contributed by atoms with Crippen molar-refractivity contribution in [3.05, 3.63) is 88.7 Å². The molecule has 7 heteroatoms. The van der Waals surface area contributed by atoms with Crippen LogP contribution in [0.25, 0.3) is 5.57 Å². The van der Waals surface area contributed by atoms with Crippen molar-refractivity contribution in [2.75, 3.05) is 10.2 Å². The fraction of sp³-hybridized carbons (Fsp3) is 0.125. The van der Waals surface area contributed by atoms with Gasteiger partial charge in [-0.1, -0.05) is 29.8 Å². The minimum Gasteiger partial charge on any atom is -0.468 e. The van der Waals surface area contributed by atoms with Gasteiger partial charge in [-0.25, -0.2) is 4.90 Å². The zero-order valence-corrected chi connectivity index (χ0v) is 17.9. The van der Waals surface area contributed by atoms with Gasteiger partial charge >= 0.3 is 0 Å². The lowest BCUT2D eigenvalue weighted by Gasteiger charge is -2.15. The van der Waals surface area contributed by atoms with Crippen molar-refractivity contribution in [2.45, 2.75) is 19.6 Å². The zero-order valence-electron chi connectivity index (χ0n) is 17.0. The van der Waals surface area contributed by atoms with Gasteiger partial charge in [0.05, 0.1) is 28.2 Å². The van der Waals surface area contributed by atoms with Gasteiger partial charge in [-0.3, -0.25) is 14.4 Å². The molecule has 1 aliphatic heterocycles. The molecular formula is C24H20N2O4S. The van der Waals surface area contributed by atoms with Crippen molar-refractivity contribution in [3.63, 3.8) is 0 Å². The normalized spacial score (nSPS) is 13.8. The van der Waals surface area contributed by atoms with Crippen LogP contribution in [0.2, 0.25) is 0 Å². The number of amides is 3. The van der Waals surface area contributed by atoms with Crippen molar-refractivity contribution in [2.24, 2.45) is 0 Å². The maximum absolute atomic E-state index is 13.4. The maximum Gasteiger partial charge on any atom is 0.272 e. The molecule has 6 nitrogen and oxygen atoms in total. The van der Waals surface area contributed by atoms with Crippen LogP contribution in [0, 0.1) is 6.92 Å². The summed E-state index contributed by atoms with van der Waals surface area (Å²) in [5.41, 5.74) is 3.15. The number of anilines is 2. The molecule has 0 radical (unpaired) electrons. The molecule has 0 saturated carbocycles. The standard InChI is InChI=1S/C24H20N2O4S/c1-15-5-11-19(12-6-15)26-23(28)21(17-7-9-18(10-8-17)25-16(2)27)22(24(26)29)31-14-20-4-3-13-30-20/h3-13H,14H2,1-2H3,(H,25,27). The Kier molecular flexibility index (Phi) is 5.77. The molecule has 0 bridgehead atoms. The predicted molar refractivity (Wildman–Crippen MR) is 121 cm³/mol. The molecule has 156 valence electrons. The van der Waals surface area contributed by atoms with Crippen molar-refractivity contribution in [1.82, 2.24) is 0 Å². The van der Waals surface area contributed by atoms with Gasteiger partial charge in [0, 0.05) is 12.6 Å². The van der Waals surface area contributed by atoms with Crippen LogP contribution in [0.3, 0.4) is 0 Å². The molecule has 0 saturated heterocycles. The number of thioether (sulfide) groups is 1. The number of hydrogen-bond acceptors (Lipinski definition) is 5. The van der Waals surface area contributed by atoms with Crippen molar-refractivity contribution >= 4 is 46.4 Å². The maximum atomic E-state index is 13.4. The Bertz CT molecular complexity index is 1160. The summed E-state index contributed by atoms with van der Waals surface area (Å²) in [6, 6.07) is 17.8. The third kappa shape index (κ3) is 4.32. The molecule has 2 heterocycles. The molecule has 0 spiro atoms. The highest BCUT2D eigenvalue weighted by molar-refractivity contribution is 8.03. The van der Waals surface area contributed by atoms with Gasteiger partial charge in [-0.15, -0.1) is 11.8 Å². The lowest BCUT2D eigenvalue weighted by atomic mass is 10.1. The van der Waals surface area contributed by atoms with E-state index >= 15 is 0 Å². The molecule has 0 fully saturated rings. The third-order valence-electron chi connectivity index (χ3n) is 4.77. The predicted octanol–water partition coefficient (Wildman–Crippen LogP) is 4.76. The topological polar surface area (TPSA) is 79.6 Å². The van der Waals surface area contributed by atoms with Crippen LogP contribution in [0.5, 0.6) is 0 Å². The third-order valence-corrected chi connectivity index (χ3v) is 5.86. The van der Waals surface area contributed by atoms with E-state index in [0.717, 1.165) is 5.56 Å². The Labute approximate surface area is 183 Å². The number of imide groups is 1. The Morgan fingerprint density at radius 3 is 2.32 bits per heavy atom. The van der Waals surface area contributed by atoms with Crippen LogP contribution in [-0.4, -0.2) is 17.7 Å². The van der Waals surface area contributed by atoms with E-state index in [1.54, 1.807) is 48.7 Å². The van der Waals surface area contributed by atoms with E-state index in [0.29, 0.717) is 38.9 Å². The molecule has 1 N–H and O–H groups in total. The van der Waals surface area contributed by atoms with E-state index in [-0.39, 0.29) is 17.7 Å². The second-order valence-corrected chi connectivity index (χ2v) is 8.10.